The summed E-state index contributed by atoms with van der Waals surface area (Å²) in [5, 5.41) is 20.0. The first-order valence-corrected chi connectivity index (χ1v) is 11.7. The molecule has 0 aliphatic carbocycles. The molecule has 0 saturated heterocycles. The van der Waals surface area contributed by atoms with Crippen LogP contribution in [0, 0.1) is 0 Å². The van der Waals surface area contributed by atoms with Gasteiger partial charge in [-0.25, -0.2) is 9.48 Å². The summed E-state index contributed by atoms with van der Waals surface area (Å²) >= 11 is 0. The van der Waals surface area contributed by atoms with Gasteiger partial charge in [-0.05, 0) is 50.6 Å². The lowest BCUT2D eigenvalue weighted by molar-refractivity contribution is -0.113. The molecule has 0 radical (unpaired) electrons. The number of para-hydroxylation sites is 1. The number of fused-ring (bicyclic) bond motifs is 1. The van der Waals surface area contributed by atoms with Gasteiger partial charge in [-0.15, -0.1) is 0 Å². The van der Waals surface area contributed by atoms with Gasteiger partial charge in [0.15, 0.2) is 5.82 Å². The van der Waals surface area contributed by atoms with Crippen LogP contribution in [-0.4, -0.2) is 52.1 Å². The zero-order valence-electron chi connectivity index (χ0n) is 20.4. The van der Waals surface area contributed by atoms with E-state index in [1.54, 1.807) is 43.0 Å². The molecule has 1 aliphatic heterocycles. The number of hydrogen-bond donors (Lipinski definition) is 3. The van der Waals surface area contributed by atoms with E-state index >= 15 is 0 Å². The number of amides is 1. The summed E-state index contributed by atoms with van der Waals surface area (Å²) in [5.41, 5.74) is 2.75. The van der Waals surface area contributed by atoms with Crippen molar-refractivity contribution < 1.29 is 24.2 Å². The highest BCUT2D eigenvalue weighted by Crippen LogP contribution is 2.39. The monoisotopic (exact) mass is 491 g/mol. The zero-order chi connectivity index (χ0) is 25.7. The molecular weight excluding hydrogens is 462 g/mol. The number of carbonyl (C=O) groups excluding carboxylic acids is 2. The van der Waals surface area contributed by atoms with E-state index in [0.717, 1.165) is 5.56 Å². The quantitative estimate of drug-likeness (QED) is 0.389. The van der Waals surface area contributed by atoms with E-state index in [9.17, 15) is 14.7 Å². The number of benzene rings is 2. The number of carbonyl (C=O) groups is 2. The van der Waals surface area contributed by atoms with Gasteiger partial charge in [-0.3, -0.25) is 4.79 Å². The Bertz CT molecular complexity index is 1280. The van der Waals surface area contributed by atoms with Crippen LogP contribution in [0.1, 0.15) is 48.1 Å². The fraction of sp³-hybridized carbons (Fsp3) is 0.308. The largest absolute Gasteiger partial charge is 0.496 e. The van der Waals surface area contributed by atoms with E-state index < -0.39 is 12.0 Å². The maximum atomic E-state index is 13.6. The predicted molar refractivity (Wildman–Crippen MR) is 134 cm³/mol. The first-order valence-electron chi connectivity index (χ1n) is 11.7. The van der Waals surface area contributed by atoms with Crippen LogP contribution in [0.3, 0.4) is 0 Å². The second-order valence-corrected chi connectivity index (χ2v) is 8.18. The Morgan fingerprint density at radius 3 is 2.61 bits per heavy atom. The van der Waals surface area contributed by atoms with Crippen LogP contribution in [0.25, 0.3) is 0 Å². The van der Waals surface area contributed by atoms with Crippen LogP contribution in [0.15, 0.2) is 59.8 Å². The van der Waals surface area contributed by atoms with E-state index in [1.165, 1.54) is 0 Å². The molecule has 1 aromatic heterocycles. The number of aryl methyl sites for hydroxylation is 1. The first-order chi connectivity index (χ1) is 17.5. The molecule has 0 spiro atoms. The van der Waals surface area contributed by atoms with Gasteiger partial charge in [0, 0.05) is 30.0 Å². The summed E-state index contributed by atoms with van der Waals surface area (Å²) in [5.74, 6) is 0.928. The number of aliphatic hydroxyl groups is 1. The lowest BCUT2D eigenvalue weighted by atomic mass is 9.94. The average molecular weight is 492 g/mol. The first kappa shape index (κ1) is 24.9. The van der Waals surface area contributed by atoms with Gasteiger partial charge in [0.2, 0.25) is 5.95 Å². The van der Waals surface area contributed by atoms with Crippen LogP contribution in [0.2, 0.25) is 0 Å². The van der Waals surface area contributed by atoms with Gasteiger partial charge in [0.25, 0.3) is 5.91 Å². The van der Waals surface area contributed by atoms with Gasteiger partial charge in [-0.1, -0.05) is 18.2 Å². The van der Waals surface area contributed by atoms with Crippen LogP contribution in [0.5, 0.6) is 5.75 Å². The van der Waals surface area contributed by atoms with Crippen LogP contribution >= 0.6 is 0 Å². The summed E-state index contributed by atoms with van der Waals surface area (Å²) in [6.45, 7) is 3.88. The highest BCUT2D eigenvalue weighted by molar-refractivity contribution is 6.06. The van der Waals surface area contributed by atoms with Crippen molar-refractivity contribution in [2.45, 2.75) is 32.7 Å². The molecule has 10 nitrogen and oxygen atoms in total. The Kier molecular flexibility index (Phi) is 7.65. The van der Waals surface area contributed by atoms with Gasteiger partial charge in [-0.2, -0.15) is 10.1 Å². The van der Waals surface area contributed by atoms with E-state index in [-0.39, 0.29) is 19.1 Å². The van der Waals surface area contributed by atoms with Crippen LogP contribution < -0.4 is 15.4 Å². The maximum Gasteiger partial charge on any atom is 0.338 e. The number of esters is 1. The molecule has 4 rings (SSSR count). The average Bonchev–Trinajstić information content (AvgIpc) is 3.29. The minimum Gasteiger partial charge on any atom is -0.496 e. The number of ether oxygens (including phenoxy) is 2. The van der Waals surface area contributed by atoms with E-state index in [4.69, 9.17) is 9.47 Å². The number of rotatable bonds is 9. The normalized spacial score (nSPS) is 14.6. The topological polar surface area (TPSA) is 128 Å². The summed E-state index contributed by atoms with van der Waals surface area (Å²) in [6.07, 6.45) is 1.04. The van der Waals surface area contributed by atoms with Crippen molar-refractivity contribution in [1.82, 2.24) is 14.8 Å². The fourth-order valence-corrected chi connectivity index (χ4v) is 4.11. The smallest absolute Gasteiger partial charge is 0.338 e. The number of allylic oxidation sites excluding steroid dienone is 1. The Morgan fingerprint density at radius 1 is 1.17 bits per heavy atom. The second kappa shape index (κ2) is 11.0. The maximum absolute atomic E-state index is 13.6. The van der Waals surface area contributed by atoms with E-state index in [2.05, 4.69) is 20.7 Å². The number of hydrogen-bond acceptors (Lipinski definition) is 8. The number of methoxy groups -OCH3 is 1. The molecule has 0 bridgehead atoms. The summed E-state index contributed by atoms with van der Waals surface area (Å²) in [6, 6.07) is 13.4. The summed E-state index contributed by atoms with van der Waals surface area (Å²) in [4.78, 5) is 30.2. The van der Waals surface area contributed by atoms with Crippen LogP contribution in [-0.2, 0) is 16.0 Å². The molecule has 188 valence electrons. The number of aliphatic hydroxyl groups excluding tert-OH is 1. The molecule has 3 N–H and O–H groups in total. The van der Waals surface area contributed by atoms with Crippen molar-refractivity contribution in [1.29, 1.82) is 0 Å². The number of nitrogens with zero attached hydrogens (tertiary/aromatic N) is 3. The Morgan fingerprint density at radius 2 is 1.92 bits per heavy atom. The number of anilines is 2. The molecule has 36 heavy (non-hydrogen) atoms. The van der Waals surface area contributed by atoms with E-state index in [0.29, 0.717) is 52.9 Å². The SMILES string of the molecule is CCOC(=O)c1ccc(NC(=O)C2=C(C)Nc3nc(CCCO)nn3C2c2ccccc2OC)cc1. The third kappa shape index (κ3) is 5.08. The van der Waals surface area contributed by atoms with Gasteiger partial charge in [0.1, 0.15) is 11.8 Å². The van der Waals surface area contributed by atoms with Crippen molar-refractivity contribution in [3.05, 3.63) is 76.8 Å². The summed E-state index contributed by atoms with van der Waals surface area (Å²) in [7, 11) is 1.58. The van der Waals surface area contributed by atoms with Crippen LogP contribution in [0.4, 0.5) is 11.6 Å². The lowest BCUT2D eigenvalue weighted by Gasteiger charge is -2.29. The molecule has 0 saturated carbocycles. The Hall–Kier alpha value is -4.18. The van der Waals surface area contributed by atoms with E-state index in [1.807, 2.05) is 31.2 Å². The lowest BCUT2D eigenvalue weighted by Crippen LogP contribution is -2.31. The molecule has 1 amide bonds. The van der Waals surface area contributed by atoms with Crippen molar-refractivity contribution in [2.75, 3.05) is 31.0 Å². The molecular formula is C26H29N5O5. The summed E-state index contributed by atoms with van der Waals surface area (Å²) < 4.78 is 12.3. The van der Waals surface area contributed by atoms with Crippen molar-refractivity contribution in [3.63, 3.8) is 0 Å². The second-order valence-electron chi connectivity index (χ2n) is 8.18. The molecule has 1 aliphatic rings. The Labute approximate surface area is 209 Å². The standard InChI is InChI=1S/C26H29N5O5/c1-4-36-25(34)17-11-13-18(14-12-17)28-24(33)22-16(2)27-26-29-21(10-7-15-32)30-31(26)23(22)19-8-5-6-9-20(19)35-3/h5-6,8-9,11-14,23,32H,4,7,10,15H2,1-3H3,(H,28,33)(H,27,29,30). The highest BCUT2D eigenvalue weighted by atomic mass is 16.5. The molecule has 10 heteroatoms. The van der Waals surface area contributed by atoms with Crippen molar-refractivity contribution in [3.8, 4) is 5.75 Å². The minimum absolute atomic E-state index is 0.0348. The van der Waals surface area contributed by atoms with Gasteiger partial charge >= 0.3 is 5.97 Å². The molecule has 2 aromatic carbocycles. The third-order valence-corrected chi connectivity index (χ3v) is 5.79. The Balaban J connectivity index is 1.70. The molecule has 0 fully saturated rings. The molecule has 1 unspecified atom stereocenters. The molecule has 2 heterocycles. The zero-order valence-corrected chi connectivity index (χ0v) is 20.4. The highest BCUT2D eigenvalue weighted by Gasteiger charge is 2.35. The fourth-order valence-electron chi connectivity index (χ4n) is 4.11. The third-order valence-electron chi connectivity index (χ3n) is 5.79. The van der Waals surface area contributed by atoms with Crippen molar-refractivity contribution in [2.24, 2.45) is 0 Å². The predicted octanol–water partition coefficient (Wildman–Crippen LogP) is 3.32. The number of nitrogens with one attached hydrogen (secondary N) is 2. The van der Waals surface area contributed by atoms with Gasteiger partial charge < -0.3 is 25.2 Å². The minimum atomic E-state index is -0.605. The molecule has 3 aromatic rings. The van der Waals surface area contributed by atoms with Gasteiger partial charge in [0.05, 0.1) is 24.9 Å². The molecule has 1 atom stereocenters. The van der Waals surface area contributed by atoms with Crippen molar-refractivity contribution >= 4 is 23.5 Å². The number of aromatic nitrogens is 3.